The fourth-order valence-electron chi connectivity index (χ4n) is 2.97. The predicted octanol–water partition coefficient (Wildman–Crippen LogP) is 2.30. The van der Waals surface area contributed by atoms with Crippen molar-refractivity contribution in [2.75, 3.05) is 24.2 Å². The second kappa shape index (κ2) is 9.04. The first-order chi connectivity index (χ1) is 14.5. The first-order valence-electron chi connectivity index (χ1n) is 9.35. The first-order valence-corrected chi connectivity index (χ1v) is 11.7. The molecule has 0 saturated carbocycles. The van der Waals surface area contributed by atoms with Crippen LogP contribution in [0.4, 0.5) is 18.9 Å². The Kier molecular flexibility index (Phi) is 6.81. The molecule has 1 unspecified atom stereocenters. The van der Waals surface area contributed by atoms with E-state index in [0.717, 1.165) is 19.3 Å². The van der Waals surface area contributed by atoms with Gasteiger partial charge in [0.1, 0.15) is 0 Å². The molecule has 9 nitrogen and oxygen atoms in total. The van der Waals surface area contributed by atoms with Gasteiger partial charge in [0.2, 0.25) is 21.1 Å². The maximum absolute atomic E-state index is 12.7. The third-order valence-corrected chi connectivity index (χ3v) is 7.61. The molecule has 1 saturated heterocycles. The largest absolute Gasteiger partial charge is 0.453 e. The zero-order valence-corrected chi connectivity index (χ0v) is 18.1. The molecule has 0 bridgehead atoms. The van der Waals surface area contributed by atoms with Crippen LogP contribution in [0.25, 0.3) is 0 Å². The minimum atomic E-state index is -4.76. The number of alkyl halides is 3. The number of hydrogen-bond acceptors (Lipinski definition) is 7. The van der Waals surface area contributed by atoms with Crippen molar-refractivity contribution in [1.82, 2.24) is 19.2 Å². The van der Waals surface area contributed by atoms with Gasteiger partial charge in [-0.2, -0.15) is 17.5 Å². The third-order valence-electron chi connectivity index (χ3n) is 4.64. The lowest BCUT2D eigenvalue weighted by Crippen LogP contribution is -2.35. The van der Waals surface area contributed by atoms with Gasteiger partial charge >= 0.3 is 6.18 Å². The van der Waals surface area contributed by atoms with Gasteiger partial charge in [0.05, 0.1) is 10.1 Å². The maximum atomic E-state index is 12.7. The number of sulfonamides is 1. The molecule has 170 valence electrons. The fraction of sp³-hybridized carbons (Fsp3) is 0.471. The number of anilines is 1. The van der Waals surface area contributed by atoms with Crippen LogP contribution in [0.3, 0.4) is 0 Å². The highest BCUT2D eigenvalue weighted by molar-refractivity contribution is 8.00. The molecule has 1 aliphatic heterocycles. The first kappa shape index (κ1) is 23.3. The van der Waals surface area contributed by atoms with E-state index in [2.05, 4.69) is 15.5 Å². The van der Waals surface area contributed by atoms with Crippen molar-refractivity contribution in [3.63, 3.8) is 0 Å². The summed E-state index contributed by atoms with van der Waals surface area (Å²) in [5.41, 5.74) is 0.347. The number of nitrogens with one attached hydrogen (secondary N) is 1. The highest BCUT2D eigenvalue weighted by Crippen LogP contribution is 2.30. The van der Waals surface area contributed by atoms with Crippen LogP contribution in [0.1, 0.15) is 32.0 Å². The standard InChI is InChI=1S/C17H21F3N6O3S2/c1-11(30-16-24-23-15(26(16)21)17(18,19)20)14(27)22-12-5-7-13(8-6-12)31(28,29)25-9-3-2-4-10-25/h5-8,11H,2-4,9-10,21H2,1H3,(H,22,27). The van der Waals surface area contributed by atoms with Gasteiger partial charge in [-0.1, -0.05) is 18.2 Å². The molecule has 1 aromatic heterocycles. The minimum Gasteiger partial charge on any atom is -0.335 e. The van der Waals surface area contributed by atoms with Crippen molar-refractivity contribution in [2.24, 2.45) is 0 Å². The Hall–Kier alpha value is -2.32. The second-order valence-corrected chi connectivity index (χ2v) is 10.2. The molecule has 2 heterocycles. The monoisotopic (exact) mass is 478 g/mol. The van der Waals surface area contributed by atoms with E-state index >= 15 is 0 Å². The van der Waals surface area contributed by atoms with Crippen LogP contribution < -0.4 is 11.2 Å². The summed E-state index contributed by atoms with van der Waals surface area (Å²) in [7, 11) is -3.59. The number of piperidine rings is 1. The molecule has 14 heteroatoms. The Morgan fingerprint density at radius 1 is 1.16 bits per heavy atom. The van der Waals surface area contributed by atoms with E-state index in [0.29, 0.717) is 30.5 Å². The van der Waals surface area contributed by atoms with Crippen molar-refractivity contribution in [3.8, 4) is 0 Å². The van der Waals surface area contributed by atoms with Crippen molar-refractivity contribution in [1.29, 1.82) is 0 Å². The van der Waals surface area contributed by atoms with Crippen LogP contribution in [0, 0.1) is 0 Å². The molecule has 0 radical (unpaired) electrons. The lowest BCUT2D eigenvalue weighted by atomic mass is 10.2. The van der Waals surface area contributed by atoms with E-state index < -0.39 is 33.2 Å². The van der Waals surface area contributed by atoms with Gasteiger partial charge in [0.15, 0.2) is 0 Å². The topological polar surface area (TPSA) is 123 Å². The molecule has 31 heavy (non-hydrogen) atoms. The van der Waals surface area contributed by atoms with E-state index in [1.54, 1.807) is 0 Å². The average Bonchev–Trinajstić information content (AvgIpc) is 3.09. The molecule has 0 spiro atoms. The molecule has 0 aliphatic carbocycles. The van der Waals surface area contributed by atoms with Gasteiger partial charge < -0.3 is 11.2 Å². The number of halogens is 3. The van der Waals surface area contributed by atoms with Gasteiger partial charge in [0, 0.05) is 18.8 Å². The molecular formula is C17H21F3N6O3S2. The van der Waals surface area contributed by atoms with Gasteiger partial charge in [-0.15, -0.1) is 10.2 Å². The third kappa shape index (κ3) is 5.30. The van der Waals surface area contributed by atoms with Crippen LogP contribution in [0.2, 0.25) is 0 Å². The van der Waals surface area contributed by atoms with Gasteiger partial charge in [-0.25, -0.2) is 13.1 Å². The lowest BCUT2D eigenvalue weighted by molar-refractivity contribution is -0.146. The normalized spacial score (nSPS) is 16.8. The summed E-state index contributed by atoms with van der Waals surface area (Å²) in [6, 6.07) is 5.73. The number of thioether (sulfide) groups is 1. The summed E-state index contributed by atoms with van der Waals surface area (Å²) >= 11 is 0.710. The highest BCUT2D eigenvalue weighted by Gasteiger charge is 2.38. The number of hydrogen-bond donors (Lipinski definition) is 2. The Balaban J connectivity index is 1.63. The predicted molar refractivity (Wildman–Crippen MR) is 108 cm³/mol. The van der Waals surface area contributed by atoms with E-state index in [1.807, 2.05) is 0 Å². The van der Waals surface area contributed by atoms with Crippen LogP contribution in [-0.4, -0.2) is 51.8 Å². The highest BCUT2D eigenvalue weighted by atomic mass is 32.2. The minimum absolute atomic E-state index is 0.130. The lowest BCUT2D eigenvalue weighted by Gasteiger charge is -2.25. The van der Waals surface area contributed by atoms with Crippen molar-refractivity contribution >= 4 is 33.4 Å². The molecule has 3 rings (SSSR count). The number of aromatic nitrogens is 3. The Morgan fingerprint density at radius 3 is 2.32 bits per heavy atom. The smallest absolute Gasteiger partial charge is 0.335 e. The van der Waals surface area contributed by atoms with Gasteiger partial charge in [-0.05, 0) is 44.0 Å². The van der Waals surface area contributed by atoms with Gasteiger partial charge in [0.25, 0.3) is 5.82 Å². The van der Waals surface area contributed by atoms with E-state index in [-0.39, 0.29) is 14.7 Å². The number of carbonyl (C=O) groups is 1. The molecule has 3 N–H and O–H groups in total. The molecule has 1 fully saturated rings. The molecular weight excluding hydrogens is 457 g/mol. The van der Waals surface area contributed by atoms with Gasteiger partial charge in [-0.3, -0.25) is 4.79 Å². The van der Waals surface area contributed by atoms with E-state index in [4.69, 9.17) is 5.84 Å². The number of nitrogens with zero attached hydrogens (tertiary/aromatic N) is 4. The maximum Gasteiger partial charge on any atom is 0.453 e. The summed E-state index contributed by atoms with van der Waals surface area (Å²) in [6.07, 6.45) is -2.11. The summed E-state index contributed by atoms with van der Waals surface area (Å²) in [6.45, 7) is 2.44. The summed E-state index contributed by atoms with van der Waals surface area (Å²) in [5.74, 6) is 3.48. The zero-order valence-electron chi connectivity index (χ0n) is 16.5. The number of nitrogen functional groups attached to an aromatic ring is 1. The van der Waals surface area contributed by atoms with Crippen molar-refractivity contribution in [3.05, 3.63) is 30.1 Å². The SMILES string of the molecule is CC(Sc1nnc(C(F)(F)F)n1N)C(=O)Nc1ccc(S(=O)(=O)N2CCCCC2)cc1. The quantitative estimate of drug-likeness (QED) is 0.482. The summed E-state index contributed by atoms with van der Waals surface area (Å²) in [5, 5.41) is 7.86. The fourth-order valence-corrected chi connectivity index (χ4v) is 5.26. The molecule has 1 amide bonds. The van der Waals surface area contributed by atoms with Crippen LogP contribution >= 0.6 is 11.8 Å². The van der Waals surface area contributed by atoms with E-state index in [1.165, 1.54) is 35.5 Å². The Labute approximate surface area is 181 Å². The Bertz CT molecular complexity index is 1030. The van der Waals surface area contributed by atoms with Crippen molar-refractivity contribution < 1.29 is 26.4 Å². The van der Waals surface area contributed by atoms with Crippen LogP contribution in [0.5, 0.6) is 0 Å². The molecule has 1 atom stereocenters. The zero-order chi connectivity index (χ0) is 22.8. The van der Waals surface area contributed by atoms with Crippen LogP contribution in [-0.2, 0) is 21.0 Å². The van der Waals surface area contributed by atoms with Crippen LogP contribution in [0.15, 0.2) is 34.3 Å². The number of benzene rings is 1. The number of amides is 1. The second-order valence-electron chi connectivity index (χ2n) is 6.91. The molecule has 2 aromatic rings. The molecule has 1 aliphatic rings. The molecule has 1 aromatic carbocycles. The summed E-state index contributed by atoms with van der Waals surface area (Å²) < 4.78 is 65.3. The van der Waals surface area contributed by atoms with Crippen molar-refractivity contribution in [2.45, 2.75) is 47.7 Å². The number of nitrogens with two attached hydrogens (primary N) is 1. The number of rotatable bonds is 6. The Morgan fingerprint density at radius 2 is 1.77 bits per heavy atom. The average molecular weight is 479 g/mol. The van der Waals surface area contributed by atoms with E-state index in [9.17, 15) is 26.4 Å². The summed E-state index contributed by atoms with van der Waals surface area (Å²) in [4.78, 5) is 12.5. The number of carbonyl (C=O) groups excluding carboxylic acids is 1.